The first-order valence-corrected chi connectivity index (χ1v) is 5.03. The van der Waals surface area contributed by atoms with Crippen molar-refractivity contribution in [1.29, 1.82) is 0 Å². The first kappa shape index (κ1) is 10.9. The van der Waals surface area contributed by atoms with Crippen molar-refractivity contribution in [2.24, 2.45) is 0 Å². The summed E-state index contributed by atoms with van der Waals surface area (Å²) in [5.74, 6) is 0.194. The zero-order valence-electron chi connectivity index (χ0n) is 8.58. The number of aromatic nitrogens is 1. The Morgan fingerprint density at radius 3 is 2.81 bits per heavy atom. The second-order valence-electron chi connectivity index (χ2n) is 3.21. The minimum atomic E-state index is -0.373. The Hall–Kier alpha value is -1.61. The van der Waals surface area contributed by atoms with E-state index in [9.17, 15) is 4.39 Å². The summed E-state index contributed by atoms with van der Waals surface area (Å²) in [7, 11) is 1.53. The molecule has 2 aromatic rings. The molecule has 0 unspecified atom stereocenters. The first-order chi connectivity index (χ1) is 7.72. The second kappa shape index (κ2) is 4.49. The van der Waals surface area contributed by atoms with Gasteiger partial charge in [0, 0.05) is 17.3 Å². The highest BCUT2D eigenvalue weighted by atomic mass is 35.5. The summed E-state index contributed by atoms with van der Waals surface area (Å²) >= 11 is 5.95. The number of hydrogen-bond acceptors (Lipinski definition) is 2. The van der Waals surface area contributed by atoms with Crippen LogP contribution >= 0.6 is 11.6 Å². The maximum atomic E-state index is 13.6. The lowest BCUT2D eigenvalue weighted by Crippen LogP contribution is -1.89. The van der Waals surface area contributed by atoms with E-state index in [0.717, 1.165) is 0 Å². The standard InChI is InChI=1S/C12H9ClFNO/c1-16-9-5-8(6-15-7-9)12-10(13)3-2-4-11(12)14/h2-7H,1H3. The van der Waals surface area contributed by atoms with Crippen LogP contribution in [0, 0.1) is 5.82 Å². The molecule has 1 aromatic heterocycles. The fraction of sp³-hybridized carbons (Fsp3) is 0.0833. The van der Waals surface area contributed by atoms with E-state index in [-0.39, 0.29) is 5.82 Å². The summed E-state index contributed by atoms with van der Waals surface area (Å²) in [6, 6.07) is 6.26. The first-order valence-electron chi connectivity index (χ1n) is 4.66. The van der Waals surface area contributed by atoms with E-state index in [1.54, 1.807) is 30.6 Å². The Labute approximate surface area is 97.7 Å². The number of hydrogen-bond donors (Lipinski definition) is 0. The van der Waals surface area contributed by atoms with E-state index < -0.39 is 0 Å². The molecule has 0 saturated heterocycles. The van der Waals surface area contributed by atoms with Crippen LogP contribution in [-0.2, 0) is 0 Å². The van der Waals surface area contributed by atoms with Crippen LogP contribution in [0.15, 0.2) is 36.7 Å². The minimum Gasteiger partial charge on any atom is -0.495 e. The maximum absolute atomic E-state index is 13.6. The Morgan fingerprint density at radius 1 is 1.31 bits per heavy atom. The van der Waals surface area contributed by atoms with Gasteiger partial charge in [-0.2, -0.15) is 0 Å². The molecule has 4 heteroatoms. The summed E-state index contributed by atoms with van der Waals surface area (Å²) in [5.41, 5.74) is 0.943. The average Bonchev–Trinajstić information content (AvgIpc) is 2.29. The number of pyridine rings is 1. The molecular formula is C12H9ClFNO. The topological polar surface area (TPSA) is 22.1 Å². The highest BCUT2D eigenvalue weighted by molar-refractivity contribution is 6.33. The van der Waals surface area contributed by atoms with Gasteiger partial charge in [0.1, 0.15) is 11.6 Å². The van der Waals surface area contributed by atoms with Crippen LogP contribution in [0.4, 0.5) is 4.39 Å². The smallest absolute Gasteiger partial charge is 0.137 e. The van der Waals surface area contributed by atoms with Crippen molar-refractivity contribution in [1.82, 2.24) is 4.98 Å². The van der Waals surface area contributed by atoms with Gasteiger partial charge in [-0.25, -0.2) is 4.39 Å². The van der Waals surface area contributed by atoms with Crippen molar-refractivity contribution >= 4 is 11.6 Å². The molecule has 2 nitrogen and oxygen atoms in total. The number of rotatable bonds is 2. The molecule has 0 radical (unpaired) electrons. The number of benzene rings is 1. The Balaban J connectivity index is 2.58. The van der Waals surface area contributed by atoms with Crippen LogP contribution in [0.1, 0.15) is 0 Å². The maximum Gasteiger partial charge on any atom is 0.137 e. The fourth-order valence-electron chi connectivity index (χ4n) is 1.44. The SMILES string of the molecule is COc1cncc(-c2c(F)cccc2Cl)c1. The molecular weight excluding hydrogens is 229 g/mol. The van der Waals surface area contributed by atoms with E-state index in [0.29, 0.717) is 21.9 Å². The van der Waals surface area contributed by atoms with Crippen molar-refractivity contribution in [2.75, 3.05) is 7.11 Å². The molecule has 0 aliphatic heterocycles. The molecule has 1 heterocycles. The van der Waals surface area contributed by atoms with Crippen LogP contribution in [0.3, 0.4) is 0 Å². The summed E-state index contributed by atoms with van der Waals surface area (Å²) < 4.78 is 18.6. The van der Waals surface area contributed by atoms with Gasteiger partial charge < -0.3 is 4.74 Å². The van der Waals surface area contributed by atoms with Crippen LogP contribution < -0.4 is 4.74 Å². The molecule has 0 N–H and O–H groups in total. The molecule has 0 bridgehead atoms. The molecule has 0 aliphatic carbocycles. The predicted octanol–water partition coefficient (Wildman–Crippen LogP) is 3.55. The fourth-order valence-corrected chi connectivity index (χ4v) is 1.71. The zero-order valence-corrected chi connectivity index (χ0v) is 9.33. The van der Waals surface area contributed by atoms with Crippen molar-refractivity contribution in [3.63, 3.8) is 0 Å². The minimum absolute atomic E-state index is 0.343. The van der Waals surface area contributed by atoms with E-state index in [4.69, 9.17) is 16.3 Å². The molecule has 82 valence electrons. The molecule has 1 aromatic carbocycles. The molecule has 0 spiro atoms. The van der Waals surface area contributed by atoms with Gasteiger partial charge in [0.25, 0.3) is 0 Å². The molecule has 2 rings (SSSR count). The Bertz CT molecular complexity index is 496. The molecule has 0 fully saturated rings. The molecule has 0 amide bonds. The van der Waals surface area contributed by atoms with Crippen molar-refractivity contribution in [2.45, 2.75) is 0 Å². The van der Waals surface area contributed by atoms with Gasteiger partial charge in [-0.15, -0.1) is 0 Å². The number of halogens is 2. The number of methoxy groups -OCH3 is 1. The van der Waals surface area contributed by atoms with E-state index in [2.05, 4.69) is 4.98 Å². The summed E-state index contributed by atoms with van der Waals surface area (Å²) in [4.78, 5) is 3.96. The highest BCUT2D eigenvalue weighted by Gasteiger charge is 2.10. The summed E-state index contributed by atoms with van der Waals surface area (Å²) in [6.07, 6.45) is 3.10. The van der Waals surface area contributed by atoms with Crippen molar-refractivity contribution in [3.8, 4) is 16.9 Å². The third-order valence-electron chi connectivity index (χ3n) is 2.20. The average molecular weight is 238 g/mol. The zero-order chi connectivity index (χ0) is 11.5. The third kappa shape index (κ3) is 1.99. The number of ether oxygens (including phenoxy) is 1. The normalized spacial score (nSPS) is 10.2. The third-order valence-corrected chi connectivity index (χ3v) is 2.52. The second-order valence-corrected chi connectivity index (χ2v) is 3.62. The van der Waals surface area contributed by atoms with Crippen LogP contribution in [0.5, 0.6) is 5.75 Å². The monoisotopic (exact) mass is 237 g/mol. The Kier molecular flexibility index (Phi) is 3.06. The van der Waals surface area contributed by atoms with Gasteiger partial charge in [0.2, 0.25) is 0 Å². The van der Waals surface area contributed by atoms with Gasteiger partial charge >= 0.3 is 0 Å². The highest BCUT2D eigenvalue weighted by Crippen LogP contribution is 2.31. The van der Waals surface area contributed by atoms with E-state index >= 15 is 0 Å². The lowest BCUT2D eigenvalue weighted by molar-refractivity contribution is 0.413. The molecule has 16 heavy (non-hydrogen) atoms. The van der Waals surface area contributed by atoms with Crippen molar-refractivity contribution < 1.29 is 9.13 Å². The lowest BCUT2D eigenvalue weighted by Gasteiger charge is -2.06. The van der Waals surface area contributed by atoms with Gasteiger partial charge in [-0.3, -0.25) is 4.98 Å². The lowest BCUT2D eigenvalue weighted by atomic mass is 10.1. The quantitative estimate of drug-likeness (QED) is 0.797. The molecule has 0 saturated carbocycles. The van der Waals surface area contributed by atoms with Crippen LogP contribution in [-0.4, -0.2) is 12.1 Å². The van der Waals surface area contributed by atoms with Crippen LogP contribution in [0.25, 0.3) is 11.1 Å². The van der Waals surface area contributed by atoms with Gasteiger partial charge in [-0.1, -0.05) is 17.7 Å². The largest absolute Gasteiger partial charge is 0.495 e. The summed E-state index contributed by atoms with van der Waals surface area (Å²) in [6.45, 7) is 0. The molecule has 0 atom stereocenters. The van der Waals surface area contributed by atoms with Gasteiger partial charge in [0.15, 0.2) is 0 Å². The van der Waals surface area contributed by atoms with E-state index in [1.165, 1.54) is 13.2 Å². The predicted molar refractivity (Wildman–Crippen MR) is 61.2 cm³/mol. The molecule has 0 aliphatic rings. The Morgan fingerprint density at radius 2 is 2.12 bits per heavy atom. The van der Waals surface area contributed by atoms with Crippen molar-refractivity contribution in [3.05, 3.63) is 47.5 Å². The van der Waals surface area contributed by atoms with Crippen LogP contribution in [0.2, 0.25) is 5.02 Å². The summed E-state index contributed by atoms with van der Waals surface area (Å²) in [5, 5.41) is 0.357. The van der Waals surface area contributed by atoms with Gasteiger partial charge in [-0.05, 0) is 18.2 Å². The van der Waals surface area contributed by atoms with Gasteiger partial charge in [0.05, 0.1) is 18.3 Å². The number of nitrogens with zero attached hydrogens (tertiary/aromatic N) is 1. The van der Waals surface area contributed by atoms with E-state index in [1.807, 2.05) is 0 Å².